The van der Waals surface area contributed by atoms with Gasteiger partial charge in [0.05, 0.1) is 12.1 Å². The first-order valence-corrected chi connectivity index (χ1v) is 7.72. The Labute approximate surface area is 147 Å². The number of amides is 1. The summed E-state index contributed by atoms with van der Waals surface area (Å²) in [5.74, 6) is -0.699. The van der Waals surface area contributed by atoms with Crippen LogP contribution >= 0.6 is 0 Å². The molecule has 136 valence electrons. The highest BCUT2D eigenvalue weighted by Crippen LogP contribution is 2.38. The van der Waals surface area contributed by atoms with Crippen LogP contribution in [0.15, 0.2) is 41.5 Å². The van der Waals surface area contributed by atoms with E-state index in [0.29, 0.717) is 5.56 Å². The van der Waals surface area contributed by atoms with Gasteiger partial charge in [0.1, 0.15) is 5.82 Å². The lowest BCUT2D eigenvalue weighted by atomic mass is 9.95. The number of carbonyl (C=O) groups is 1. The van der Waals surface area contributed by atoms with E-state index in [4.69, 9.17) is 0 Å². The van der Waals surface area contributed by atoms with Gasteiger partial charge < -0.3 is 4.90 Å². The Morgan fingerprint density at radius 3 is 2.42 bits per heavy atom. The lowest BCUT2D eigenvalue weighted by molar-refractivity contribution is -0.137. The Bertz CT molecular complexity index is 906. The van der Waals surface area contributed by atoms with Gasteiger partial charge in [-0.2, -0.15) is 18.3 Å². The molecule has 1 aliphatic rings. The number of amidine groups is 1. The minimum absolute atomic E-state index is 0.00882. The smallest absolute Gasteiger partial charge is 0.348 e. The molecule has 3 rings (SSSR count). The van der Waals surface area contributed by atoms with Crippen molar-refractivity contribution in [2.24, 2.45) is 5.10 Å². The van der Waals surface area contributed by atoms with Gasteiger partial charge in [0.25, 0.3) is 5.91 Å². The highest BCUT2D eigenvalue weighted by Gasteiger charge is 2.35. The second-order valence-electron chi connectivity index (χ2n) is 6.05. The van der Waals surface area contributed by atoms with Crippen LogP contribution in [0, 0.1) is 12.7 Å². The van der Waals surface area contributed by atoms with Gasteiger partial charge in [-0.05, 0) is 35.7 Å². The van der Waals surface area contributed by atoms with Crippen LogP contribution in [0.1, 0.15) is 16.7 Å². The summed E-state index contributed by atoms with van der Waals surface area (Å²) in [5.41, 5.74) is 1.93. The summed E-state index contributed by atoms with van der Waals surface area (Å²) < 4.78 is 54.6. The van der Waals surface area contributed by atoms with Crippen molar-refractivity contribution in [2.75, 3.05) is 13.6 Å². The molecule has 0 radical (unpaired) electrons. The van der Waals surface area contributed by atoms with Crippen molar-refractivity contribution in [1.29, 1.82) is 0 Å². The molecule has 1 amide bonds. The third-order valence-electron chi connectivity index (χ3n) is 4.09. The normalized spacial score (nSPS) is 14.9. The first-order chi connectivity index (χ1) is 12.2. The molecular formula is C18H15F4N3O. The number of aryl methyl sites for hydroxylation is 1. The number of nitrogens with one attached hydrogen (secondary N) is 1. The van der Waals surface area contributed by atoms with Crippen LogP contribution in [-0.4, -0.2) is 30.2 Å². The van der Waals surface area contributed by atoms with Crippen LogP contribution in [0.3, 0.4) is 0 Å². The molecule has 26 heavy (non-hydrogen) atoms. The van der Waals surface area contributed by atoms with Crippen molar-refractivity contribution >= 4 is 11.7 Å². The zero-order chi connectivity index (χ0) is 19.1. The Hall–Kier alpha value is -2.90. The Balaban J connectivity index is 2.13. The standard InChI is InChI=1S/C18H15F4N3O/c1-10-3-4-11(8-15(10)19)13-6-5-12(7-14(13)18(20,21)22)17-24-23-16(26)9-25(17)2/h3-8H,9H2,1-2H3,(H,23,26). The van der Waals surface area contributed by atoms with Gasteiger partial charge in [-0.1, -0.05) is 24.3 Å². The minimum Gasteiger partial charge on any atom is -0.348 e. The fourth-order valence-corrected chi connectivity index (χ4v) is 2.74. The van der Waals surface area contributed by atoms with E-state index in [1.807, 2.05) is 0 Å². The maximum Gasteiger partial charge on any atom is 0.417 e. The van der Waals surface area contributed by atoms with E-state index in [2.05, 4.69) is 10.5 Å². The fourth-order valence-electron chi connectivity index (χ4n) is 2.74. The summed E-state index contributed by atoms with van der Waals surface area (Å²) in [6, 6.07) is 7.69. The van der Waals surface area contributed by atoms with E-state index < -0.39 is 17.6 Å². The number of benzene rings is 2. The molecule has 0 unspecified atom stereocenters. The van der Waals surface area contributed by atoms with E-state index in [1.54, 1.807) is 7.05 Å². The number of hydrogen-bond acceptors (Lipinski definition) is 3. The molecule has 0 bridgehead atoms. The van der Waals surface area contributed by atoms with Gasteiger partial charge >= 0.3 is 6.18 Å². The highest BCUT2D eigenvalue weighted by molar-refractivity contribution is 6.03. The van der Waals surface area contributed by atoms with Crippen molar-refractivity contribution in [2.45, 2.75) is 13.1 Å². The first kappa shape index (κ1) is 17.9. The second-order valence-corrected chi connectivity index (χ2v) is 6.05. The van der Waals surface area contributed by atoms with Gasteiger partial charge in [0, 0.05) is 12.6 Å². The molecule has 1 N–H and O–H groups in total. The summed E-state index contributed by atoms with van der Waals surface area (Å²) in [4.78, 5) is 12.8. The third kappa shape index (κ3) is 3.40. The van der Waals surface area contributed by atoms with Crippen molar-refractivity contribution in [3.8, 4) is 11.1 Å². The molecular weight excluding hydrogens is 350 g/mol. The van der Waals surface area contributed by atoms with E-state index in [9.17, 15) is 22.4 Å². The zero-order valence-corrected chi connectivity index (χ0v) is 14.0. The van der Waals surface area contributed by atoms with E-state index >= 15 is 0 Å². The average molecular weight is 365 g/mol. The molecule has 2 aromatic carbocycles. The summed E-state index contributed by atoms with van der Waals surface area (Å²) in [6.07, 6.45) is -4.64. The number of halogens is 4. The summed E-state index contributed by atoms with van der Waals surface area (Å²) in [6.45, 7) is 1.53. The van der Waals surface area contributed by atoms with Crippen LogP contribution in [0.2, 0.25) is 0 Å². The van der Waals surface area contributed by atoms with Crippen molar-refractivity contribution in [3.63, 3.8) is 0 Å². The van der Waals surface area contributed by atoms with Crippen LogP contribution in [0.25, 0.3) is 11.1 Å². The number of hydrazone groups is 1. The topological polar surface area (TPSA) is 44.7 Å². The fraction of sp³-hybridized carbons (Fsp3) is 0.222. The van der Waals surface area contributed by atoms with Crippen molar-refractivity contribution in [1.82, 2.24) is 10.3 Å². The number of likely N-dealkylation sites (N-methyl/N-ethyl adjacent to an activating group) is 1. The molecule has 0 saturated heterocycles. The Morgan fingerprint density at radius 2 is 1.81 bits per heavy atom. The SMILES string of the molecule is Cc1ccc(-c2ccc(C3=NNC(=O)CN3C)cc2C(F)(F)F)cc1F. The molecule has 8 heteroatoms. The Morgan fingerprint density at radius 1 is 1.12 bits per heavy atom. The molecule has 4 nitrogen and oxygen atoms in total. The van der Waals surface area contributed by atoms with Crippen molar-refractivity contribution < 1.29 is 22.4 Å². The van der Waals surface area contributed by atoms with Crippen LogP contribution < -0.4 is 5.43 Å². The summed E-state index contributed by atoms with van der Waals surface area (Å²) in [5, 5.41) is 3.83. The molecule has 0 aliphatic carbocycles. The second kappa shape index (κ2) is 6.44. The highest BCUT2D eigenvalue weighted by atomic mass is 19.4. The van der Waals surface area contributed by atoms with E-state index in [-0.39, 0.29) is 35.0 Å². The van der Waals surface area contributed by atoms with Gasteiger partial charge in [0.15, 0.2) is 5.84 Å². The van der Waals surface area contributed by atoms with Gasteiger partial charge in [-0.25, -0.2) is 9.82 Å². The lowest BCUT2D eigenvalue weighted by Gasteiger charge is -2.25. The minimum atomic E-state index is -4.64. The maximum absolute atomic E-state index is 13.8. The molecule has 1 heterocycles. The van der Waals surface area contributed by atoms with Gasteiger partial charge in [-0.3, -0.25) is 4.79 Å². The number of hydrogen-bond donors (Lipinski definition) is 1. The molecule has 0 atom stereocenters. The molecule has 2 aromatic rings. The van der Waals surface area contributed by atoms with E-state index in [1.165, 1.54) is 36.1 Å². The number of carbonyl (C=O) groups excluding carboxylic acids is 1. The predicted octanol–water partition coefficient (Wildman–Crippen LogP) is 3.54. The van der Waals surface area contributed by atoms with Gasteiger partial charge in [-0.15, -0.1) is 0 Å². The predicted molar refractivity (Wildman–Crippen MR) is 88.9 cm³/mol. The summed E-state index contributed by atoms with van der Waals surface area (Å²) in [7, 11) is 1.56. The zero-order valence-electron chi connectivity index (χ0n) is 14.0. The Kier molecular flexibility index (Phi) is 4.43. The largest absolute Gasteiger partial charge is 0.417 e. The van der Waals surface area contributed by atoms with Crippen LogP contribution in [-0.2, 0) is 11.0 Å². The number of nitrogens with zero attached hydrogens (tertiary/aromatic N) is 2. The molecule has 0 aromatic heterocycles. The number of alkyl halides is 3. The van der Waals surface area contributed by atoms with E-state index in [0.717, 1.165) is 12.1 Å². The molecule has 0 saturated carbocycles. The number of rotatable bonds is 2. The first-order valence-electron chi connectivity index (χ1n) is 7.72. The third-order valence-corrected chi connectivity index (χ3v) is 4.09. The molecule has 0 fully saturated rings. The summed E-state index contributed by atoms with van der Waals surface area (Å²) >= 11 is 0. The maximum atomic E-state index is 13.8. The average Bonchev–Trinajstić information content (AvgIpc) is 2.56. The molecule has 1 aliphatic heterocycles. The van der Waals surface area contributed by atoms with Gasteiger partial charge in [0.2, 0.25) is 0 Å². The van der Waals surface area contributed by atoms with Crippen LogP contribution in [0.4, 0.5) is 17.6 Å². The quantitative estimate of drug-likeness (QED) is 0.828. The monoisotopic (exact) mass is 365 g/mol. The molecule has 0 spiro atoms. The lowest BCUT2D eigenvalue weighted by Crippen LogP contribution is -2.43. The van der Waals surface area contributed by atoms with Crippen LogP contribution in [0.5, 0.6) is 0 Å². The van der Waals surface area contributed by atoms with Crippen molar-refractivity contribution in [3.05, 3.63) is 58.9 Å².